The van der Waals surface area contributed by atoms with Gasteiger partial charge in [0, 0.05) is 0 Å². The van der Waals surface area contributed by atoms with Crippen LogP contribution in [0.2, 0.25) is 0 Å². The molecule has 0 spiro atoms. The number of carbonyl (C=O) groups is 1. The number of hydrogen-bond acceptors (Lipinski definition) is 3. The van der Waals surface area contributed by atoms with Gasteiger partial charge in [-0.1, -0.05) is 0 Å². The summed E-state index contributed by atoms with van der Waals surface area (Å²) < 4.78 is 10.9. The number of aliphatic carboxylic acids is 1. The molecular formula is C10H12O4. The average Bonchev–Trinajstić information content (AvgIpc) is 2.17. The van der Waals surface area contributed by atoms with E-state index in [0.717, 1.165) is 18.6 Å². The summed E-state index contributed by atoms with van der Waals surface area (Å²) in [6, 6.07) is 0. The average molecular weight is 196 g/mol. The molecule has 1 aliphatic carbocycles. The number of ether oxygens (including phenoxy) is 2. The summed E-state index contributed by atoms with van der Waals surface area (Å²) >= 11 is 0. The predicted octanol–water partition coefficient (Wildman–Crippen LogP) is 1.44. The molecule has 0 aromatic heterocycles. The molecule has 1 fully saturated rings. The molecule has 1 unspecified atom stereocenters. The van der Waals surface area contributed by atoms with E-state index in [1.165, 1.54) is 0 Å². The molecule has 2 aliphatic rings. The Morgan fingerprint density at radius 2 is 2.14 bits per heavy atom. The second-order valence-electron chi connectivity index (χ2n) is 3.36. The van der Waals surface area contributed by atoms with Crippen LogP contribution in [0, 0.1) is 0 Å². The van der Waals surface area contributed by atoms with Crippen molar-refractivity contribution in [1.29, 1.82) is 0 Å². The molecule has 0 bridgehead atoms. The third-order valence-corrected chi connectivity index (χ3v) is 2.19. The molecule has 2 rings (SSSR count). The standard InChI is InChI=1S/C10H12O4/c11-10(12)5-7-6-13-8-3-1-2-4-9(8)14-7/h3-4,7H,1-2,5-6H2,(H,11,12). The van der Waals surface area contributed by atoms with Crippen molar-refractivity contribution >= 4 is 5.97 Å². The van der Waals surface area contributed by atoms with Crippen molar-refractivity contribution in [2.75, 3.05) is 6.61 Å². The number of rotatable bonds is 2. The van der Waals surface area contributed by atoms with Gasteiger partial charge in [0.2, 0.25) is 0 Å². The third-order valence-electron chi connectivity index (χ3n) is 2.19. The summed E-state index contributed by atoms with van der Waals surface area (Å²) in [5.74, 6) is 0.606. The van der Waals surface area contributed by atoms with Crippen LogP contribution in [0.4, 0.5) is 0 Å². The van der Waals surface area contributed by atoms with E-state index in [2.05, 4.69) is 0 Å². The highest BCUT2D eigenvalue weighted by Crippen LogP contribution is 2.27. The molecule has 0 aromatic rings. The van der Waals surface area contributed by atoms with Crippen LogP contribution in [0.1, 0.15) is 19.3 Å². The third kappa shape index (κ3) is 1.89. The maximum absolute atomic E-state index is 10.5. The van der Waals surface area contributed by atoms with Crippen molar-refractivity contribution in [3.05, 3.63) is 23.7 Å². The summed E-state index contributed by atoms with van der Waals surface area (Å²) in [6.45, 7) is 0.329. The summed E-state index contributed by atoms with van der Waals surface area (Å²) in [7, 11) is 0. The van der Waals surface area contributed by atoms with Crippen LogP contribution in [-0.4, -0.2) is 23.8 Å². The van der Waals surface area contributed by atoms with E-state index in [1.807, 2.05) is 12.2 Å². The van der Waals surface area contributed by atoms with Gasteiger partial charge in [-0.05, 0) is 25.0 Å². The Balaban J connectivity index is 2.00. The zero-order valence-electron chi connectivity index (χ0n) is 7.73. The molecular weight excluding hydrogens is 184 g/mol. The van der Waals surface area contributed by atoms with Crippen LogP contribution in [0.5, 0.6) is 0 Å². The number of carboxylic acid groups (broad SMARTS) is 1. The van der Waals surface area contributed by atoms with Crippen molar-refractivity contribution < 1.29 is 19.4 Å². The molecule has 76 valence electrons. The highest BCUT2D eigenvalue weighted by atomic mass is 16.6. The normalized spacial score (nSPS) is 25.0. The Morgan fingerprint density at radius 1 is 1.43 bits per heavy atom. The van der Waals surface area contributed by atoms with E-state index in [0.29, 0.717) is 12.4 Å². The Hall–Kier alpha value is -1.45. The van der Waals surface area contributed by atoms with E-state index in [1.54, 1.807) is 0 Å². The van der Waals surface area contributed by atoms with Gasteiger partial charge in [0.1, 0.15) is 12.7 Å². The SMILES string of the molecule is O=C(O)CC1COC2=CCCC=C2O1. The number of fused-ring (bicyclic) bond motifs is 1. The summed E-state index contributed by atoms with van der Waals surface area (Å²) in [4.78, 5) is 10.5. The number of carboxylic acids is 1. The highest BCUT2D eigenvalue weighted by Gasteiger charge is 2.26. The Morgan fingerprint density at radius 3 is 2.86 bits per heavy atom. The van der Waals surface area contributed by atoms with Crippen molar-refractivity contribution in [2.45, 2.75) is 25.4 Å². The monoisotopic (exact) mass is 196 g/mol. The molecule has 1 atom stereocenters. The Labute approximate surface area is 81.8 Å². The van der Waals surface area contributed by atoms with Gasteiger partial charge in [0.25, 0.3) is 0 Å². The number of allylic oxidation sites excluding steroid dienone is 2. The Kier molecular flexibility index (Phi) is 2.43. The first-order chi connectivity index (χ1) is 6.75. The van der Waals surface area contributed by atoms with Crippen LogP contribution < -0.4 is 0 Å². The van der Waals surface area contributed by atoms with E-state index >= 15 is 0 Å². The maximum atomic E-state index is 10.5. The quantitative estimate of drug-likeness (QED) is 0.726. The predicted molar refractivity (Wildman–Crippen MR) is 48.5 cm³/mol. The van der Waals surface area contributed by atoms with Crippen LogP contribution in [0.25, 0.3) is 0 Å². The fourth-order valence-corrected chi connectivity index (χ4v) is 1.56. The minimum absolute atomic E-state index is 0.00931. The summed E-state index contributed by atoms with van der Waals surface area (Å²) in [5, 5.41) is 8.59. The van der Waals surface area contributed by atoms with Crippen molar-refractivity contribution in [3.8, 4) is 0 Å². The van der Waals surface area contributed by atoms with E-state index in [4.69, 9.17) is 14.6 Å². The van der Waals surface area contributed by atoms with Gasteiger partial charge in [-0.2, -0.15) is 0 Å². The zero-order chi connectivity index (χ0) is 9.97. The van der Waals surface area contributed by atoms with Crippen molar-refractivity contribution in [1.82, 2.24) is 0 Å². The minimum Gasteiger partial charge on any atom is -0.486 e. The first-order valence-corrected chi connectivity index (χ1v) is 4.67. The van der Waals surface area contributed by atoms with Gasteiger partial charge in [-0.15, -0.1) is 0 Å². The zero-order valence-corrected chi connectivity index (χ0v) is 7.73. The first-order valence-electron chi connectivity index (χ1n) is 4.67. The van der Waals surface area contributed by atoms with E-state index in [-0.39, 0.29) is 12.5 Å². The van der Waals surface area contributed by atoms with E-state index < -0.39 is 5.97 Å². The molecule has 0 saturated carbocycles. The second kappa shape index (κ2) is 3.74. The summed E-state index contributed by atoms with van der Waals surface area (Å²) in [5.41, 5.74) is 0. The van der Waals surface area contributed by atoms with Gasteiger partial charge in [-0.3, -0.25) is 4.79 Å². The van der Waals surface area contributed by atoms with Crippen LogP contribution in [-0.2, 0) is 14.3 Å². The van der Waals surface area contributed by atoms with Gasteiger partial charge in [0.15, 0.2) is 11.5 Å². The lowest BCUT2D eigenvalue weighted by Crippen LogP contribution is -2.29. The summed E-state index contributed by atoms with van der Waals surface area (Å²) in [6.07, 6.45) is 5.46. The van der Waals surface area contributed by atoms with Gasteiger partial charge < -0.3 is 14.6 Å². The van der Waals surface area contributed by atoms with E-state index in [9.17, 15) is 4.79 Å². The molecule has 14 heavy (non-hydrogen) atoms. The van der Waals surface area contributed by atoms with Gasteiger partial charge in [-0.25, -0.2) is 0 Å². The highest BCUT2D eigenvalue weighted by molar-refractivity contribution is 5.67. The maximum Gasteiger partial charge on any atom is 0.307 e. The first kappa shape index (κ1) is 9.12. The molecule has 1 saturated heterocycles. The second-order valence-corrected chi connectivity index (χ2v) is 3.36. The fourth-order valence-electron chi connectivity index (χ4n) is 1.56. The van der Waals surface area contributed by atoms with Crippen LogP contribution in [0.15, 0.2) is 23.7 Å². The molecule has 1 N–H and O–H groups in total. The molecule has 1 aliphatic heterocycles. The van der Waals surface area contributed by atoms with Gasteiger partial charge >= 0.3 is 5.97 Å². The molecule has 0 radical (unpaired) electrons. The van der Waals surface area contributed by atoms with Crippen molar-refractivity contribution in [3.63, 3.8) is 0 Å². The molecule has 4 heteroatoms. The van der Waals surface area contributed by atoms with Crippen LogP contribution >= 0.6 is 0 Å². The Bertz CT molecular complexity index is 303. The molecule has 4 nitrogen and oxygen atoms in total. The molecule has 0 amide bonds. The molecule has 0 aromatic carbocycles. The van der Waals surface area contributed by atoms with Gasteiger partial charge in [0.05, 0.1) is 6.42 Å². The largest absolute Gasteiger partial charge is 0.486 e. The number of hydrogen-bond donors (Lipinski definition) is 1. The lowest BCUT2D eigenvalue weighted by Gasteiger charge is -2.29. The topological polar surface area (TPSA) is 55.8 Å². The lowest BCUT2D eigenvalue weighted by molar-refractivity contribution is -0.141. The molecule has 1 heterocycles. The fraction of sp³-hybridized carbons (Fsp3) is 0.500. The minimum atomic E-state index is -0.859. The van der Waals surface area contributed by atoms with Crippen molar-refractivity contribution in [2.24, 2.45) is 0 Å². The lowest BCUT2D eigenvalue weighted by atomic mass is 10.1. The van der Waals surface area contributed by atoms with Crippen LogP contribution in [0.3, 0.4) is 0 Å². The smallest absolute Gasteiger partial charge is 0.307 e.